The van der Waals surface area contributed by atoms with Crippen LogP contribution >= 0.6 is 0 Å². The molecule has 0 saturated carbocycles. The van der Waals surface area contributed by atoms with E-state index >= 15 is 0 Å². The average molecular weight is 315 g/mol. The fourth-order valence-electron chi connectivity index (χ4n) is 3.73. The molecule has 0 spiro atoms. The van der Waals surface area contributed by atoms with Gasteiger partial charge in [-0.15, -0.1) is 0 Å². The highest BCUT2D eigenvalue weighted by Crippen LogP contribution is 2.18. The van der Waals surface area contributed by atoms with Crippen molar-refractivity contribution in [3.05, 3.63) is 35.9 Å². The van der Waals surface area contributed by atoms with Crippen molar-refractivity contribution < 1.29 is 4.79 Å². The largest absolute Gasteiger partial charge is 0.335 e. The third kappa shape index (κ3) is 4.47. The molecule has 0 radical (unpaired) electrons. The van der Waals surface area contributed by atoms with Crippen LogP contribution in [0.2, 0.25) is 0 Å². The van der Waals surface area contributed by atoms with Crippen molar-refractivity contribution >= 4 is 6.03 Å². The molecule has 1 aromatic carbocycles. The van der Waals surface area contributed by atoms with E-state index in [1.165, 1.54) is 12.0 Å². The minimum Gasteiger partial charge on any atom is -0.335 e. The molecule has 4 heteroatoms. The number of nitrogens with one attached hydrogen (secondary N) is 1. The van der Waals surface area contributed by atoms with Gasteiger partial charge in [-0.05, 0) is 44.6 Å². The zero-order valence-electron chi connectivity index (χ0n) is 14.2. The number of piperidine rings is 2. The van der Waals surface area contributed by atoms with E-state index in [9.17, 15) is 4.79 Å². The molecule has 4 nitrogen and oxygen atoms in total. The van der Waals surface area contributed by atoms with Gasteiger partial charge in [0.25, 0.3) is 0 Å². The standard InChI is InChI=1S/C19H29N3O/c1-16-7-5-6-12-22(16)19(23)20-18-10-13-21(14-11-18)15-17-8-3-2-4-9-17/h2-4,8-9,16,18H,5-7,10-15H2,1H3,(H,20,23)/t16-/m0/s1. The molecular weight excluding hydrogens is 286 g/mol. The van der Waals surface area contributed by atoms with Gasteiger partial charge < -0.3 is 10.2 Å². The second-order valence-corrected chi connectivity index (χ2v) is 7.02. The van der Waals surface area contributed by atoms with Gasteiger partial charge in [0, 0.05) is 38.3 Å². The van der Waals surface area contributed by atoms with Gasteiger partial charge in [0.1, 0.15) is 0 Å². The Morgan fingerprint density at radius 2 is 1.83 bits per heavy atom. The predicted octanol–water partition coefficient (Wildman–Crippen LogP) is 3.24. The van der Waals surface area contributed by atoms with Gasteiger partial charge in [-0.2, -0.15) is 0 Å². The van der Waals surface area contributed by atoms with Crippen LogP contribution in [-0.4, -0.2) is 47.5 Å². The quantitative estimate of drug-likeness (QED) is 0.929. The number of urea groups is 1. The highest BCUT2D eigenvalue weighted by Gasteiger charge is 2.26. The van der Waals surface area contributed by atoms with Crippen LogP contribution in [0.5, 0.6) is 0 Å². The molecule has 1 aromatic rings. The van der Waals surface area contributed by atoms with Gasteiger partial charge in [0.2, 0.25) is 0 Å². The molecule has 0 aliphatic carbocycles. The maximum atomic E-state index is 12.5. The average Bonchev–Trinajstić information content (AvgIpc) is 2.58. The molecule has 23 heavy (non-hydrogen) atoms. The molecule has 0 aromatic heterocycles. The number of benzene rings is 1. The summed E-state index contributed by atoms with van der Waals surface area (Å²) in [7, 11) is 0. The van der Waals surface area contributed by atoms with E-state index < -0.39 is 0 Å². The van der Waals surface area contributed by atoms with E-state index in [0.717, 1.165) is 51.9 Å². The summed E-state index contributed by atoms with van der Waals surface area (Å²) >= 11 is 0. The highest BCUT2D eigenvalue weighted by atomic mass is 16.2. The molecule has 2 saturated heterocycles. The molecule has 3 rings (SSSR count). The van der Waals surface area contributed by atoms with Crippen molar-refractivity contribution in [3.8, 4) is 0 Å². The van der Waals surface area contributed by atoms with Crippen LogP contribution < -0.4 is 5.32 Å². The van der Waals surface area contributed by atoms with E-state index in [-0.39, 0.29) is 6.03 Å². The van der Waals surface area contributed by atoms with Crippen LogP contribution in [0.25, 0.3) is 0 Å². The molecule has 2 heterocycles. The summed E-state index contributed by atoms with van der Waals surface area (Å²) < 4.78 is 0. The Bertz CT molecular complexity index is 497. The van der Waals surface area contributed by atoms with E-state index in [2.05, 4.69) is 47.5 Å². The SMILES string of the molecule is C[C@H]1CCCCN1C(=O)NC1CCN(Cc2ccccc2)CC1. The van der Waals surface area contributed by atoms with Crippen LogP contribution in [0.3, 0.4) is 0 Å². The van der Waals surface area contributed by atoms with Crippen LogP contribution in [-0.2, 0) is 6.54 Å². The number of likely N-dealkylation sites (tertiary alicyclic amines) is 2. The normalized spacial score (nSPS) is 23.7. The lowest BCUT2D eigenvalue weighted by atomic mass is 10.0. The summed E-state index contributed by atoms with van der Waals surface area (Å²) in [6.07, 6.45) is 5.65. The second-order valence-electron chi connectivity index (χ2n) is 7.02. The van der Waals surface area contributed by atoms with Crippen molar-refractivity contribution in [2.24, 2.45) is 0 Å². The molecule has 0 unspecified atom stereocenters. The van der Waals surface area contributed by atoms with Gasteiger partial charge in [-0.1, -0.05) is 30.3 Å². The molecule has 126 valence electrons. The lowest BCUT2D eigenvalue weighted by molar-refractivity contribution is 0.143. The summed E-state index contributed by atoms with van der Waals surface area (Å²) in [5.41, 5.74) is 1.37. The maximum absolute atomic E-state index is 12.5. The topological polar surface area (TPSA) is 35.6 Å². The van der Waals surface area contributed by atoms with Crippen molar-refractivity contribution in [2.45, 2.75) is 57.7 Å². The Morgan fingerprint density at radius 3 is 2.52 bits per heavy atom. The van der Waals surface area contributed by atoms with Crippen LogP contribution in [0.4, 0.5) is 4.79 Å². The van der Waals surface area contributed by atoms with Crippen molar-refractivity contribution in [3.63, 3.8) is 0 Å². The summed E-state index contributed by atoms with van der Waals surface area (Å²) in [4.78, 5) is 17.0. The second kappa shape index (κ2) is 7.82. The van der Waals surface area contributed by atoms with Gasteiger partial charge in [0.15, 0.2) is 0 Å². The number of hydrogen-bond acceptors (Lipinski definition) is 2. The Morgan fingerprint density at radius 1 is 1.09 bits per heavy atom. The lowest BCUT2D eigenvalue weighted by Crippen LogP contribution is -2.52. The molecule has 1 atom stereocenters. The molecule has 2 aliphatic heterocycles. The monoisotopic (exact) mass is 315 g/mol. The zero-order chi connectivity index (χ0) is 16.1. The van der Waals surface area contributed by atoms with Gasteiger partial charge >= 0.3 is 6.03 Å². The number of amides is 2. The van der Waals surface area contributed by atoms with E-state index in [1.807, 2.05) is 4.90 Å². The van der Waals surface area contributed by atoms with Crippen LogP contribution in [0.15, 0.2) is 30.3 Å². The Hall–Kier alpha value is -1.55. The van der Waals surface area contributed by atoms with E-state index in [0.29, 0.717) is 12.1 Å². The fraction of sp³-hybridized carbons (Fsp3) is 0.632. The first-order chi connectivity index (χ1) is 11.2. The van der Waals surface area contributed by atoms with Crippen LogP contribution in [0, 0.1) is 0 Å². The number of rotatable bonds is 3. The lowest BCUT2D eigenvalue weighted by Gasteiger charge is -2.37. The minimum atomic E-state index is 0.152. The zero-order valence-corrected chi connectivity index (χ0v) is 14.2. The number of carbonyl (C=O) groups is 1. The summed E-state index contributed by atoms with van der Waals surface area (Å²) in [5.74, 6) is 0. The van der Waals surface area contributed by atoms with Crippen molar-refractivity contribution in [2.75, 3.05) is 19.6 Å². The first-order valence-electron chi connectivity index (χ1n) is 9.06. The predicted molar refractivity (Wildman–Crippen MR) is 93.3 cm³/mol. The molecule has 2 amide bonds. The third-order valence-corrected chi connectivity index (χ3v) is 5.23. The molecule has 2 aliphatic rings. The van der Waals surface area contributed by atoms with Gasteiger partial charge in [0.05, 0.1) is 0 Å². The number of hydrogen-bond donors (Lipinski definition) is 1. The highest BCUT2D eigenvalue weighted by molar-refractivity contribution is 5.75. The van der Waals surface area contributed by atoms with Crippen LogP contribution in [0.1, 0.15) is 44.6 Å². The summed E-state index contributed by atoms with van der Waals surface area (Å²) in [5, 5.41) is 3.26. The summed E-state index contributed by atoms with van der Waals surface area (Å²) in [6.45, 7) is 6.23. The Balaban J connectivity index is 1.43. The van der Waals surface area contributed by atoms with Gasteiger partial charge in [-0.25, -0.2) is 4.79 Å². The van der Waals surface area contributed by atoms with Crippen molar-refractivity contribution in [1.29, 1.82) is 0 Å². The Kier molecular flexibility index (Phi) is 5.55. The van der Waals surface area contributed by atoms with E-state index in [1.54, 1.807) is 0 Å². The smallest absolute Gasteiger partial charge is 0.317 e. The Labute approximate surface area is 139 Å². The minimum absolute atomic E-state index is 0.152. The maximum Gasteiger partial charge on any atom is 0.317 e. The number of carbonyl (C=O) groups excluding carboxylic acids is 1. The first-order valence-corrected chi connectivity index (χ1v) is 9.06. The summed E-state index contributed by atoms with van der Waals surface area (Å²) in [6, 6.07) is 11.5. The molecular formula is C19H29N3O. The molecule has 0 bridgehead atoms. The van der Waals surface area contributed by atoms with Gasteiger partial charge in [-0.3, -0.25) is 4.90 Å². The first kappa shape index (κ1) is 16.3. The molecule has 2 fully saturated rings. The van der Waals surface area contributed by atoms with E-state index in [4.69, 9.17) is 0 Å². The molecule has 1 N–H and O–H groups in total. The third-order valence-electron chi connectivity index (χ3n) is 5.23. The van der Waals surface area contributed by atoms with Crippen molar-refractivity contribution in [1.82, 2.24) is 15.1 Å². The number of nitrogens with zero attached hydrogens (tertiary/aromatic N) is 2. The fourth-order valence-corrected chi connectivity index (χ4v) is 3.73.